The first-order valence-electron chi connectivity index (χ1n) is 7.18. The number of hydrogen-bond acceptors (Lipinski definition) is 6. The van der Waals surface area contributed by atoms with Crippen molar-refractivity contribution in [1.29, 1.82) is 0 Å². The first-order chi connectivity index (χ1) is 11.5. The number of rotatable bonds is 4. The van der Waals surface area contributed by atoms with Crippen molar-refractivity contribution in [2.45, 2.75) is 13.8 Å². The summed E-state index contributed by atoms with van der Waals surface area (Å²) in [6.45, 7) is 3.62. The number of esters is 1. The second-order valence-corrected chi connectivity index (χ2v) is 5.84. The van der Waals surface area contributed by atoms with Crippen LogP contribution in [0.1, 0.15) is 23.0 Å². The van der Waals surface area contributed by atoms with Crippen LogP contribution in [0.25, 0.3) is 16.4 Å². The third kappa shape index (κ3) is 3.00. The minimum Gasteiger partial charge on any atom is -0.493 e. The van der Waals surface area contributed by atoms with Crippen molar-refractivity contribution in [1.82, 2.24) is 14.8 Å². The van der Waals surface area contributed by atoms with Gasteiger partial charge in [-0.1, -0.05) is 0 Å². The number of nitrogens with zero attached hydrogens (tertiary/aromatic N) is 3. The summed E-state index contributed by atoms with van der Waals surface area (Å²) < 4.78 is 19.5. The Morgan fingerprint density at radius 2 is 2.21 bits per heavy atom. The SMILES string of the molecule is CCOC(=O)c1csc(-n2nc(-c3ccc(F)c(C)c3)cc2O)n1. The molecule has 1 aromatic carbocycles. The molecule has 2 aromatic heterocycles. The molecule has 0 unspecified atom stereocenters. The van der Waals surface area contributed by atoms with Crippen LogP contribution in [0.4, 0.5) is 4.39 Å². The molecule has 3 rings (SSSR count). The standard InChI is InChI=1S/C16H14FN3O3S/c1-3-23-15(22)13-8-24-16(18-13)20-14(21)7-12(19-20)10-4-5-11(17)9(2)6-10/h4-8,21H,3H2,1-2H3. The van der Waals surface area contributed by atoms with E-state index in [1.165, 1.54) is 22.2 Å². The molecule has 0 atom stereocenters. The molecule has 0 radical (unpaired) electrons. The Bertz CT molecular complexity index is 904. The fourth-order valence-corrected chi connectivity index (χ4v) is 2.87. The van der Waals surface area contributed by atoms with Crippen molar-refractivity contribution >= 4 is 17.3 Å². The van der Waals surface area contributed by atoms with Crippen LogP contribution in [0.3, 0.4) is 0 Å². The van der Waals surface area contributed by atoms with Gasteiger partial charge in [-0.2, -0.15) is 9.78 Å². The molecule has 0 spiro atoms. The first kappa shape index (κ1) is 16.1. The maximum Gasteiger partial charge on any atom is 0.357 e. The van der Waals surface area contributed by atoms with Crippen molar-refractivity contribution in [3.8, 4) is 22.3 Å². The van der Waals surface area contributed by atoms with Gasteiger partial charge in [0, 0.05) is 17.0 Å². The fourth-order valence-electron chi connectivity index (χ4n) is 2.12. The smallest absolute Gasteiger partial charge is 0.357 e. The highest BCUT2D eigenvalue weighted by Gasteiger charge is 2.17. The van der Waals surface area contributed by atoms with Gasteiger partial charge < -0.3 is 9.84 Å². The van der Waals surface area contributed by atoms with Gasteiger partial charge in [-0.25, -0.2) is 14.2 Å². The molecular formula is C16H14FN3O3S. The van der Waals surface area contributed by atoms with E-state index in [0.717, 1.165) is 11.3 Å². The van der Waals surface area contributed by atoms with E-state index in [0.29, 0.717) is 22.0 Å². The molecule has 0 amide bonds. The van der Waals surface area contributed by atoms with E-state index in [-0.39, 0.29) is 24.0 Å². The highest BCUT2D eigenvalue weighted by atomic mass is 32.1. The third-order valence-electron chi connectivity index (χ3n) is 3.30. The van der Waals surface area contributed by atoms with Crippen LogP contribution in [0.5, 0.6) is 5.88 Å². The summed E-state index contributed by atoms with van der Waals surface area (Å²) in [4.78, 5) is 15.8. The van der Waals surface area contributed by atoms with Gasteiger partial charge in [0.1, 0.15) is 5.82 Å². The molecule has 124 valence electrons. The lowest BCUT2D eigenvalue weighted by atomic mass is 10.1. The quantitative estimate of drug-likeness (QED) is 0.733. The Balaban J connectivity index is 1.94. The van der Waals surface area contributed by atoms with Gasteiger partial charge in [0.05, 0.1) is 12.3 Å². The summed E-state index contributed by atoms with van der Waals surface area (Å²) in [5.41, 5.74) is 1.79. The van der Waals surface area contributed by atoms with Crippen LogP contribution in [0.2, 0.25) is 0 Å². The van der Waals surface area contributed by atoms with Crippen molar-refractivity contribution in [2.24, 2.45) is 0 Å². The fraction of sp³-hybridized carbons (Fsp3) is 0.188. The van der Waals surface area contributed by atoms with Crippen LogP contribution >= 0.6 is 11.3 Å². The molecule has 0 aliphatic carbocycles. The number of thiazole rings is 1. The lowest BCUT2D eigenvalue weighted by Gasteiger charge is -2.00. The second kappa shape index (κ2) is 6.40. The molecule has 2 heterocycles. The number of aromatic hydroxyl groups is 1. The monoisotopic (exact) mass is 347 g/mol. The van der Waals surface area contributed by atoms with Crippen LogP contribution in [-0.2, 0) is 4.74 Å². The molecule has 24 heavy (non-hydrogen) atoms. The Morgan fingerprint density at radius 3 is 2.92 bits per heavy atom. The van der Waals surface area contributed by atoms with E-state index < -0.39 is 5.97 Å². The van der Waals surface area contributed by atoms with Gasteiger partial charge in [-0.15, -0.1) is 11.3 Å². The molecule has 0 saturated heterocycles. The third-order valence-corrected chi connectivity index (χ3v) is 4.12. The van der Waals surface area contributed by atoms with E-state index >= 15 is 0 Å². The van der Waals surface area contributed by atoms with E-state index in [2.05, 4.69) is 10.1 Å². The Morgan fingerprint density at radius 1 is 1.42 bits per heavy atom. The van der Waals surface area contributed by atoms with Gasteiger partial charge in [-0.3, -0.25) is 0 Å². The zero-order valence-corrected chi connectivity index (χ0v) is 13.8. The molecule has 0 bridgehead atoms. The Kier molecular flexibility index (Phi) is 4.30. The number of aryl methyl sites for hydroxylation is 1. The van der Waals surface area contributed by atoms with Gasteiger partial charge in [0.25, 0.3) is 0 Å². The molecule has 0 saturated carbocycles. The zero-order chi connectivity index (χ0) is 17.3. The number of carbonyl (C=O) groups is 1. The highest BCUT2D eigenvalue weighted by Crippen LogP contribution is 2.28. The minimum absolute atomic E-state index is 0.128. The van der Waals surface area contributed by atoms with Crippen molar-refractivity contribution in [3.63, 3.8) is 0 Å². The molecule has 8 heteroatoms. The topological polar surface area (TPSA) is 77.2 Å². The molecular weight excluding hydrogens is 333 g/mol. The molecule has 0 fully saturated rings. The predicted octanol–water partition coefficient (Wildman–Crippen LogP) is 3.33. The average Bonchev–Trinajstić information content (AvgIpc) is 3.17. The van der Waals surface area contributed by atoms with Gasteiger partial charge in [0.2, 0.25) is 11.0 Å². The van der Waals surface area contributed by atoms with Crippen LogP contribution in [0, 0.1) is 12.7 Å². The summed E-state index contributed by atoms with van der Waals surface area (Å²) in [5, 5.41) is 16.2. The summed E-state index contributed by atoms with van der Waals surface area (Å²) in [5.74, 6) is -0.959. The Hall–Kier alpha value is -2.74. The van der Waals surface area contributed by atoms with Crippen LogP contribution < -0.4 is 0 Å². The minimum atomic E-state index is -0.527. The second-order valence-electron chi connectivity index (χ2n) is 5.00. The predicted molar refractivity (Wildman–Crippen MR) is 87.0 cm³/mol. The van der Waals surface area contributed by atoms with Crippen molar-refractivity contribution in [3.05, 3.63) is 46.7 Å². The normalized spacial score (nSPS) is 10.8. The van der Waals surface area contributed by atoms with E-state index in [1.54, 1.807) is 26.0 Å². The maximum atomic E-state index is 13.4. The summed E-state index contributed by atoms with van der Waals surface area (Å²) in [6.07, 6.45) is 0. The number of halogens is 1. The lowest BCUT2D eigenvalue weighted by molar-refractivity contribution is 0.0520. The molecule has 3 aromatic rings. The van der Waals surface area contributed by atoms with Crippen molar-refractivity contribution < 1.29 is 19.0 Å². The highest BCUT2D eigenvalue weighted by molar-refractivity contribution is 7.12. The Labute approximate surface area is 141 Å². The number of carbonyl (C=O) groups excluding carboxylic acids is 1. The van der Waals surface area contributed by atoms with E-state index in [9.17, 15) is 14.3 Å². The first-order valence-corrected chi connectivity index (χ1v) is 8.06. The molecule has 1 N–H and O–H groups in total. The molecule has 0 aliphatic heterocycles. The summed E-state index contributed by atoms with van der Waals surface area (Å²) in [7, 11) is 0. The number of ether oxygens (including phenoxy) is 1. The van der Waals surface area contributed by atoms with E-state index in [1.807, 2.05) is 0 Å². The largest absolute Gasteiger partial charge is 0.493 e. The lowest BCUT2D eigenvalue weighted by Crippen LogP contribution is -2.05. The van der Waals surface area contributed by atoms with Gasteiger partial charge in [-0.05, 0) is 37.6 Å². The van der Waals surface area contributed by atoms with E-state index in [4.69, 9.17) is 4.74 Å². The van der Waals surface area contributed by atoms with Crippen LogP contribution in [-0.4, -0.2) is 32.4 Å². The van der Waals surface area contributed by atoms with Crippen molar-refractivity contribution in [2.75, 3.05) is 6.61 Å². The summed E-state index contributed by atoms with van der Waals surface area (Å²) >= 11 is 1.15. The number of aromatic nitrogens is 3. The molecule has 0 aliphatic rings. The van der Waals surface area contributed by atoms with Gasteiger partial charge >= 0.3 is 5.97 Å². The number of benzene rings is 1. The average molecular weight is 347 g/mol. The van der Waals surface area contributed by atoms with Crippen LogP contribution in [0.15, 0.2) is 29.6 Å². The number of hydrogen-bond donors (Lipinski definition) is 1. The molecule has 6 nitrogen and oxygen atoms in total. The zero-order valence-electron chi connectivity index (χ0n) is 13.0. The summed E-state index contributed by atoms with van der Waals surface area (Å²) in [6, 6.07) is 6.04. The maximum absolute atomic E-state index is 13.4. The van der Waals surface area contributed by atoms with Gasteiger partial charge in [0.15, 0.2) is 5.69 Å².